The number of cyclic esters (lactones) is 1. The number of benzene rings is 1. The van der Waals surface area contributed by atoms with Crippen LogP contribution in [0.4, 0.5) is 0 Å². The molecule has 1 aromatic carbocycles. The number of carbonyl (C=O) groups is 4. The molecule has 2 atom stereocenters. The van der Waals surface area contributed by atoms with E-state index in [2.05, 4.69) is 5.32 Å². The summed E-state index contributed by atoms with van der Waals surface area (Å²) in [5.41, 5.74) is 0.872. The molecule has 23 heavy (non-hydrogen) atoms. The summed E-state index contributed by atoms with van der Waals surface area (Å²) in [6, 6.07) is 5.75. The van der Waals surface area contributed by atoms with Gasteiger partial charge in [0.25, 0.3) is 0 Å². The van der Waals surface area contributed by atoms with Gasteiger partial charge in [0, 0.05) is 12.0 Å². The lowest BCUT2D eigenvalue weighted by molar-refractivity contribution is -0.304. The Bertz CT molecular complexity index is 701. The van der Waals surface area contributed by atoms with Gasteiger partial charge in [-0.2, -0.15) is 0 Å². The van der Waals surface area contributed by atoms with Gasteiger partial charge in [-0.05, 0) is 12.5 Å². The molecule has 2 aliphatic heterocycles. The van der Waals surface area contributed by atoms with Crippen LogP contribution >= 0.6 is 0 Å². The lowest BCUT2D eigenvalue weighted by Gasteiger charge is -2.29. The van der Waals surface area contributed by atoms with Crippen molar-refractivity contribution in [2.45, 2.75) is 25.1 Å². The fourth-order valence-electron chi connectivity index (χ4n) is 2.86. The number of rotatable bonds is 4. The summed E-state index contributed by atoms with van der Waals surface area (Å²) in [7, 11) is 0. The van der Waals surface area contributed by atoms with E-state index < -0.39 is 36.7 Å². The summed E-state index contributed by atoms with van der Waals surface area (Å²) >= 11 is 0. The van der Waals surface area contributed by atoms with Crippen LogP contribution in [0.3, 0.4) is 0 Å². The van der Waals surface area contributed by atoms with Gasteiger partial charge in [0.2, 0.25) is 18.0 Å². The van der Waals surface area contributed by atoms with Crippen molar-refractivity contribution < 1.29 is 29.0 Å². The molecule has 120 valence electrons. The van der Waals surface area contributed by atoms with Crippen molar-refractivity contribution in [1.82, 2.24) is 10.2 Å². The number of likely N-dealkylation sites (tertiary alicyclic amines) is 1. The predicted octanol–water partition coefficient (Wildman–Crippen LogP) is -1.29. The quantitative estimate of drug-likeness (QED) is 0.691. The van der Waals surface area contributed by atoms with Crippen LogP contribution in [0.2, 0.25) is 0 Å². The second-order valence-corrected chi connectivity index (χ2v) is 5.29. The number of esters is 1. The van der Waals surface area contributed by atoms with Gasteiger partial charge in [-0.3, -0.25) is 14.5 Å². The molecule has 0 bridgehead atoms. The number of nitrogens with one attached hydrogen (secondary N) is 1. The standard InChI is InChI=1S/C15H14N2O6/c18-11-6-5-10(13(21)16-7-12(19)20)17(11)14-8-3-1-2-4-9(8)15(22)23-14/h1-4,10,14H,5-7H2,(H,16,21)(H,19,20)/p-1/t10-,14-/m0/s1. The fourth-order valence-corrected chi connectivity index (χ4v) is 2.86. The third kappa shape index (κ3) is 2.63. The smallest absolute Gasteiger partial charge is 0.340 e. The number of carbonyl (C=O) groups excluding carboxylic acids is 4. The average Bonchev–Trinajstić information content (AvgIpc) is 3.06. The zero-order valence-corrected chi connectivity index (χ0v) is 12.0. The van der Waals surface area contributed by atoms with E-state index in [1.165, 1.54) is 4.90 Å². The summed E-state index contributed by atoms with van der Waals surface area (Å²) in [6.07, 6.45) is -0.611. The van der Waals surface area contributed by atoms with Crippen molar-refractivity contribution in [1.29, 1.82) is 0 Å². The Balaban J connectivity index is 1.85. The number of amides is 2. The molecule has 0 unspecified atom stereocenters. The largest absolute Gasteiger partial charge is 0.548 e. The predicted molar refractivity (Wildman–Crippen MR) is 72.5 cm³/mol. The first kappa shape index (κ1) is 15.0. The molecule has 8 nitrogen and oxygen atoms in total. The van der Waals surface area contributed by atoms with Gasteiger partial charge in [-0.25, -0.2) is 4.79 Å². The van der Waals surface area contributed by atoms with E-state index in [0.29, 0.717) is 11.1 Å². The second-order valence-electron chi connectivity index (χ2n) is 5.29. The Morgan fingerprint density at radius 2 is 2.04 bits per heavy atom. The molecule has 2 aliphatic rings. The molecule has 0 spiro atoms. The number of carboxylic acids is 1. The Morgan fingerprint density at radius 1 is 1.30 bits per heavy atom. The van der Waals surface area contributed by atoms with E-state index >= 15 is 0 Å². The molecule has 2 amide bonds. The monoisotopic (exact) mass is 317 g/mol. The summed E-state index contributed by atoms with van der Waals surface area (Å²) in [4.78, 5) is 47.8. The number of aliphatic carboxylic acids is 1. The maximum atomic E-state index is 12.2. The molecule has 0 saturated carbocycles. The molecular formula is C15H13N2O6-. The van der Waals surface area contributed by atoms with E-state index in [9.17, 15) is 24.3 Å². The zero-order chi connectivity index (χ0) is 16.6. The molecule has 1 N–H and O–H groups in total. The number of nitrogens with zero attached hydrogens (tertiary/aromatic N) is 1. The van der Waals surface area contributed by atoms with Crippen LogP contribution in [0.15, 0.2) is 24.3 Å². The van der Waals surface area contributed by atoms with Gasteiger partial charge in [-0.1, -0.05) is 18.2 Å². The molecule has 1 fully saturated rings. The average molecular weight is 317 g/mol. The van der Waals surface area contributed by atoms with Crippen molar-refractivity contribution in [2.75, 3.05) is 6.54 Å². The van der Waals surface area contributed by atoms with Crippen molar-refractivity contribution in [3.63, 3.8) is 0 Å². The highest BCUT2D eigenvalue weighted by Crippen LogP contribution is 2.38. The SMILES string of the molecule is O=C([O-])CNC(=O)[C@@H]1CCC(=O)N1[C@H]1OC(=O)c2ccccc21. The van der Waals surface area contributed by atoms with Gasteiger partial charge in [-0.15, -0.1) is 0 Å². The van der Waals surface area contributed by atoms with Gasteiger partial charge in [0.05, 0.1) is 18.1 Å². The number of ether oxygens (including phenoxy) is 1. The molecule has 1 aromatic rings. The molecule has 1 saturated heterocycles. The third-order valence-electron chi connectivity index (χ3n) is 3.88. The van der Waals surface area contributed by atoms with Crippen molar-refractivity contribution in [3.05, 3.63) is 35.4 Å². The van der Waals surface area contributed by atoms with Crippen LogP contribution in [0, 0.1) is 0 Å². The van der Waals surface area contributed by atoms with Crippen molar-refractivity contribution in [3.8, 4) is 0 Å². The molecular weight excluding hydrogens is 304 g/mol. The Hall–Kier alpha value is -2.90. The highest BCUT2D eigenvalue weighted by atomic mass is 16.6. The minimum atomic E-state index is -1.42. The lowest BCUT2D eigenvalue weighted by atomic mass is 10.1. The second kappa shape index (κ2) is 5.71. The molecule has 0 radical (unpaired) electrons. The van der Waals surface area contributed by atoms with Crippen LogP contribution in [0.5, 0.6) is 0 Å². The minimum absolute atomic E-state index is 0.125. The van der Waals surface area contributed by atoms with Crippen LogP contribution in [-0.4, -0.2) is 41.2 Å². The summed E-state index contributed by atoms with van der Waals surface area (Å²) in [6.45, 7) is -0.640. The number of hydrogen-bond acceptors (Lipinski definition) is 6. The highest BCUT2D eigenvalue weighted by molar-refractivity contribution is 5.96. The summed E-state index contributed by atoms with van der Waals surface area (Å²) in [5, 5.41) is 12.6. The minimum Gasteiger partial charge on any atom is -0.548 e. The number of carboxylic acid groups (broad SMARTS) is 1. The first-order chi connectivity index (χ1) is 11.0. The first-order valence-corrected chi connectivity index (χ1v) is 7.07. The maximum absolute atomic E-state index is 12.2. The number of hydrogen-bond donors (Lipinski definition) is 1. The van der Waals surface area contributed by atoms with E-state index in [4.69, 9.17) is 4.74 Å². The van der Waals surface area contributed by atoms with Gasteiger partial charge < -0.3 is 20.0 Å². The summed E-state index contributed by atoms with van der Waals surface area (Å²) < 4.78 is 5.25. The van der Waals surface area contributed by atoms with Crippen LogP contribution < -0.4 is 10.4 Å². The Morgan fingerprint density at radius 3 is 2.78 bits per heavy atom. The van der Waals surface area contributed by atoms with E-state index in [0.717, 1.165) is 0 Å². The Labute approximate surface area is 131 Å². The fraction of sp³-hybridized carbons (Fsp3) is 0.333. The van der Waals surface area contributed by atoms with E-state index in [-0.39, 0.29) is 18.7 Å². The third-order valence-corrected chi connectivity index (χ3v) is 3.88. The normalized spacial score (nSPS) is 22.7. The lowest BCUT2D eigenvalue weighted by Crippen LogP contribution is -2.48. The van der Waals surface area contributed by atoms with E-state index in [1.54, 1.807) is 24.3 Å². The highest BCUT2D eigenvalue weighted by Gasteiger charge is 2.46. The number of fused-ring (bicyclic) bond motifs is 1. The Kier molecular flexibility index (Phi) is 3.73. The van der Waals surface area contributed by atoms with Crippen molar-refractivity contribution in [2.24, 2.45) is 0 Å². The van der Waals surface area contributed by atoms with E-state index in [1.807, 2.05) is 0 Å². The van der Waals surface area contributed by atoms with Gasteiger partial charge in [0.15, 0.2) is 0 Å². The molecule has 0 aromatic heterocycles. The molecule has 3 rings (SSSR count). The van der Waals surface area contributed by atoms with Crippen LogP contribution in [-0.2, 0) is 19.1 Å². The first-order valence-electron chi connectivity index (χ1n) is 7.07. The zero-order valence-electron chi connectivity index (χ0n) is 12.0. The van der Waals surface area contributed by atoms with Crippen molar-refractivity contribution >= 4 is 23.8 Å². The topological polar surface area (TPSA) is 116 Å². The van der Waals surface area contributed by atoms with Gasteiger partial charge in [0.1, 0.15) is 6.04 Å². The van der Waals surface area contributed by atoms with Crippen LogP contribution in [0.25, 0.3) is 0 Å². The van der Waals surface area contributed by atoms with Crippen LogP contribution in [0.1, 0.15) is 35.0 Å². The molecule has 0 aliphatic carbocycles. The maximum Gasteiger partial charge on any atom is 0.340 e. The van der Waals surface area contributed by atoms with Gasteiger partial charge >= 0.3 is 5.97 Å². The summed E-state index contributed by atoms with van der Waals surface area (Å²) in [5.74, 6) is -2.92. The molecule has 2 heterocycles. The molecule has 8 heteroatoms.